The molecule has 11 heteroatoms. The highest BCUT2D eigenvalue weighted by Gasteiger charge is 2.27. The second kappa shape index (κ2) is 7.50. The summed E-state index contributed by atoms with van der Waals surface area (Å²) < 4.78 is 44.2. The Labute approximate surface area is 167 Å². The molecule has 0 aliphatic rings. The minimum atomic E-state index is -4.43. The second-order valence-corrected chi connectivity index (χ2v) is 6.33. The number of alkyl halides is 3. The third kappa shape index (κ3) is 3.81. The Kier molecular flexibility index (Phi) is 4.86. The van der Waals surface area contributed by atoms with Gasteiger partial charge in [0.05, 0.1) is 30.1 Å². The molecular formula is C19H15F3N6O2. The van der Waals surface area contributed by atoms with Gasteiger partial charge in [-0.05, 0) is 17.7 Å². The zero-order valence-electron chi connectivity index (χ0n) is 15.6. The van der Waals surface area contributed by atoms with Crippen molar-refractivity contribution in [2.24, 2.45) is 0 Å². The summed E-state index contributed by atoms with van der Waals surface area (Å²) in [6.45, 7) is -1.29. The number of H-pyrrole nitrogens is 1. The van der Waals surface area contributed by atoms with Crippen LogP contribution < -0.4 is 15.6 Å². The normalized spacial score (nSPS) is 11.6. The fourth-order valence-corrected chi connectivity index (χ4v) is 2.96. The highest BCUT2D eigenvalue weighted by atomic mass is 19.4. The van der Waals surface area contributed by atoms with E-state index in [4.69, 9.17) is 4.74 Å². The first kappa shape index (κ1) is 19.4. The lowest BCUT2D eigenvalue weighted by Gasteiger charge is -2.13. The molecular weight excluding hydrogens is 401 g/mol. The van der Waals surface area contributed by atoms with E-state index in [9.17, 15) is 18.0 Å². The van der Waals surface area contributed by atoms with Gasteiger partial charge in [-0.25, -0.2) is 9.97 Å². The third-order valence-electron chi connectivity index (χ3n) is 4.34. The number of nitrogens with one attached hydrogen (secondary N) is 2. The number of anilines is 1. The van der Waals surface area contributed by atoms with Crippen LogP contribution in [0.4, 0.5) is 19.1 Å². The molecule has 2 N–H and O–H groups in total. The van der Waals surface area contributed by atoms with E-state index < -0.39 is 18.3 Å². The molecule has 0 atom stereocenters. The number of hydrogen-bond donors (Lipinski definition) is 2. The van der Waals surface area contributed by atoms with Crippen LogP contribution in [-0.4, -0.2) is 44.6 Å². The van der Waals surface area contributed by atoms with E-state index in [2.05, 4.69) is 25.5 Å². The molecule has 0 bridgehead atoms. The van der Waals surface area contributed by atoms with Crippen molar-refractivity contribution in [3.8, 4) is 22.6 Å². The van der Waals surface area contributed by atoms with Crippen LogP contribution in [0.25, 0.3) is 27.7 Å². The van der Waals surface area contributed by atoms with Gasteiger partial charge in [0.15, 0.2) is 0 Å². The Hall–Kier alpha value is -3.89. The van der Waals surface area contributed by atoms with Gasteiger partial charge in [0.1, 0.15) is 12.3 Å². The van der Waals surface area contributed by atoms with Crippen LogP contribution in [0.1, 0.15) is 0 Å². The Bertz CT molecular complexity index is 1230. The number of methoxy groups -OCH3 is 1. The standard InChI is InChI=1S/C19H15F3N6O2/c1-30-14-4-2-11(3-5-14)15-16-12(6-23-18(27-16)24-10-19(20,21)22)9-28(17(15)29)13-7-25-26-8-13/h2-9H,10H2,1H3,(H,24,27)(H,25,26). The van der Waals surface area contributed by atoms with Crippen molar-refractivity contribution < 1.29 is 17.9 Å². The van der Waals surface area contributed by atoms with Crippen molar-refractivity contribution in [3.05, 3.63) is 59.4 Å². The number of aromatic nitrogens is 5. The van der Waals surface area contributed by atoms with Gasteiger partial charge in [-0.3, -0.25) is 14.5 Å². The summed E-state index contributed by atoms with van der Waals surface area (Å²) >= 11 is 0. The Morgan fingerprint density at radius 1 is 1.20 bits per heavy atom. The van der Waals surface area contributed by atoms with Gasteiger partial charge in [-0.2, -0.15) is 18.3 Å². The topological polar surface area (TPSA) is 97.7 Å². The molecule has 0 aliphatic carbocycles. The first-order valence-corrected chi connectivity index (χ1v) is 8.72. The molecule has 0 amide bonds. The minimum Gasteiger partial charge on any atom is -0.497 e. The number of aromatic amines is 1. The lowest BCUT2D eigenvalue weighted by atomic mass is 10.0. The number of nitrogens with zero attached hydrogens (tertiary/aromatic N) is 4. The highest BCUT2D eigenvalue weighted by molar-refractivity contribution is 5.93. The van der Waals surface area contributed by atoms with E-state index in [1.807, 2.05) is 0 Å². The average molecular weight is 416 g/mol. The van der Waals surface area contributed by atoms with Gasteiger partial charge in [0.25, 0.3) is 5.56 Å². The molecule has 3 aromatic heterocycles. The molecule has 0 aliphatic heterocycles. The maximum Gasteiger partial charge on any atom is 0.405 e. The Morgan fingerprint density at radius 2 is 1.97 bits per heavy atom. The van der Waals surface area contributed by atoms with Crippen molar-refractivity contribution in [3.63, 3.8) is 0 Å². The van der Waals surface area contributed by atoms with Gasteiger partial charge in [-0.1, -0.05) is 12.1 Å². The van der Waals surface area contributed by atoms with Crippen molar-refractivity contribution >= 4 is 16.9 Å². The molecule has 1 aromatic carbocycles. The molecule has 154 valence electrons. The number of halogens is 3. The van der Waals surface area contributed by atoms with Gasteiger partial charge in [0, 0.05) is 24.0 Å². The molecule has 4 aromatic rings. The van der Waals surface area contributed by atoms with Crippen molar-refractivity contribution in [1.29, 1.82) is 0 Å². The van der Waals surface area contributed by atoms with Crippen molar-refractivity contribution in [1.82, 2.24) is 24.7 Å². The van der Waals surface area contributed by atoms with E-state index in [1.165, 1.54) is 30.3 Å². The number of benzene rings is 1. The van der Waals surface area contributed by atoms with Crippen LogP contribution in [0.15, 0.2) is 53.8 Å². The summed E-state index contributed by atoms with van der Waals surface area (Å²) in [5.41, 5.74) is 1.06. The lowest BCUT2D eigenvalue weighted by Crippen LogP contribution is -2.23. The summed E-state index contributed by atoms with van der Waals surface area (Å²) in [4.78, 5) is 21.4. The predicted octanol–water partition coefficient (Wildman–Crippen LogP) is 3.15. The number of fused-ring (bicyclic) bond motifs is 1. The summed E-state index contributed by atoms with van der Waals surface area (Å²) in [7, 11) is 1.52. The average Bonchev–Trinajstić information content (AvgIpc) is 3.26. The van der Waals surface area contributed by atoms with Crippen LogP contribution in [0.3, 0.4) is 0 Å². The lowest BCUT2D eigenvalue weighted by molar-refractivity contribution is -0.115. The molecule has 0 saturated carbocycles. The Morgan fingerprint density at radius 3 is 2.60 bits per heavy atom. The fraction of sp³-hybridized carbons (Fsp3) is 0.158. The van der Waals surface area contributed by atoms with Gasteiger partial charge < -0.3 is 10.1 Å². The monoisotopic (exact) mass is 416 g/mol. The zero-order valence-corrected chi connectivity index (χ0v) is 15.6. The third-order valence-corrected chi connectivity index (χ3v) is 4.34. The van der Waals surface area contributed by atoms with Gasteiger partial charge in [0.2, 0.25) is 5.95 Å². The summed E-state index contributed by atoms with van der Waals surface area (Å²) in [5.74, 6) is 0.367. The molecule has 8 nitrogen and oxygen atoms in total. The molecule has 3 heterocycles. The molecule has 0 spiro atoms. The maximum atomic E-state index is 13.3. The van der Waals surface area contributed by atoms with Crippen LogP contribution in [-0.2, 0) is 0 Å². The van der Waals surface area contributed by atoms with Gasteiger partial charge in [-0.15, -0.1) is 0 Å². The number of ether oxygens (including phenoxy) is 1. The Balaban J connectivity index is 1.93. The summed E-state index contributed by atoms with van der Waals surface area (Å²) in [6, 6.07) is 6.72. The molecule has 0 unspecified atom stereocenters. The predicted molar refractivity (Wildman–Crippen MR) is 104 cm³/mol. The number of rotatable bonds is 5. The van der Waals surface area contributed by atoms with Crippen LogP contribution in [0.2, 0.25) is 0 Å². The molecule has 0 saturated heterocycles. The van der Waals surface area contributed by atoms with Crippen LogP contribution in [0, 0.1) is 0 Å². The van der Waals surface area contributed by atoms with Crippen molar-refractivity contribution in [2.45, 2.75) is 6.18 Å². The molecule has 30 heavy (non-hydrogen) atoms. The largest absolute Gasteiger partial charge is 0.497 e. The quantitative estimate of drug-likeness (QED) is 0.519. The second-order valence-electron chi connectivity index (χ2n) is 6.33. The summed E-state index contributed by atoms with van der Waals surface area (Å²) in [5, 5.41) is 9.12. The molecule has 0 fully saturated rings. The molecule has 4 rings (SSSR count). The van der Waals surface area contributed by atoms with E-state index in [1.54, 1.807) is 30.5 Å². The van der Waals surface area contributed by atoms with Gasteiger partial charge >= 0.3 is 6.18 Å². The molecule has 0 radical (unpaired) electrons. The smallest absolute Gasteiger partial charge is 0.405 e. The SMILES string of the molecule is COc1ccc(-c2c(=O)n(-c3cn[nH]c3)cc3cnc(NCC(F)(F)F)nc23)cc1. The summed E-state index contributed by atoms with van der Waals surface area (Å²) in [6.07, 6.45) is 1.48. The number of pyridine rings is 1. The van der Waals surface area contributed by atoms with Crippen LogP contribution in [0.5, 0.6) is 5.75 Å². The van der Waals surface area contributed by atoms with E-state index in [0.29, 0.717) is 22.4 Å². The van der Waals surface area contributed by atoms with E-state index in [-0.39, 0.29) is 17.0 Å². The number of hydrogen-bond acceptors (Lipinski definition) is 6. The zero-order chi connectivity index (χ0) is 21.3. The minimum absolute atomic E-state index is 0.216. The van der Waals surface area contributed by atoms with Crippen molar-refractivity contribution in [2.75, 3.05) is 19.0 Å². The van der Waals surface area contributed by atoms with E-state index >= 15 is 0 Å². The maximum absolute atomic E-state index is 13.3. The first-order valence-electron chi connectivity index (χ1n) is 8.72. The fourth-order valence-electron chi connectivity index (χ4n) is 2.96. The highest BCUT2D eigenvalue weighted by Crippen LogP contribution is 2.27. The van der Waals surface area contributed by atoms with E-state index in [0.717, 1.165) is 0 Å². The van der Waals surface area contributed by atoms with Crippen LogP contribution >= 0.6 is 0 Å². The first-order chi connectivity index (χ1) is 14.4.